The fourth-order valence-electron chi connectivity index (χ4n) is 4.56. The quantitative estimate of drug-likeness (QED) is 0.293. The second-order valence-electron chi connectivity index (χ2n) is 8.07. The summed E-state index contributed by atoms with van der Waals surface area (Å²) in [7, 11) is 1.11. The molecule has 1 saturated carbocycles. The highest BCUT2D eigenvalue weighted by atomic mass is 127. The van der Waals surface area contributed by atoms with Gasteiger partial charge >= 0.3 is 0 Å². The highest BCUT2D eigenvalue weighted by Gasteiger charge is 2.27. The molecule has 2 fully saturated rings. The first-order chi connectivity index (χ1) is 14.1. The summed E-state index contributed by atoms with van der Waals surface area (Å²) < 4.78 is 12.2. The van der Waals surface area contributed by atoms with Gasteiger partial charge < -0.3 is 10.6 Å². The molecule has 3 rings (SSSR count). The second-order valence-corrected chi connectivity index (χ2v) is 10.5. The lowest BCUT2D eigenvalue weighted by Crippen LogP contribution is -2.48. The molecule has 1 aromatic carbocycles. The minimum absolute atomic E-state index is 0. The van der Waals surface area contributed by atoms with E-state index in [9.17, 15) is 4.21 Å². The molecule has 1 aliphatic heterocycles. The molecular weight excluding hydrogens is 531 g/mol. The minimum atomic E-state index is -0.710. The van der Waals surface area contributed by atoms with Crippen molar-refractivity contribution in [3.63, 3.8) is 0 Å². The number of nitrogens with zero attached hydrogens (tertiary/aromatic N) is 2. The third kappa shape index (κ3) is 7.35. The SMILES string of the molecule is CCS(=O)C1CCCC(NC(=NC)NCC(c2cccc(Cl)c2)N2CCCC2)C1.I. The van der Waals surface area contributed by atoms with Crippen LogP contribution in [0.15, 0.2) is 29.3 Å². The third-order valence-corrected chi connectivity index (χ3v) is 8.10. The van der Waals surface area contributed by atoms with Crippen molar-refractivity contribution in [2.24, 2.45) is 4.99 Å². The third-order valence-electron chi connectivity index (χ3n) is 6.12. The average Bonchev–Trinajstić information content (AvgIpc) is 3.27. The van der Waals surface area contributed by atoms with Gasteiger partial charge in [-0.2, -0.15) is 0 Å². The Morgan fingerprint density at radius 1 is 1.30 bits per heavy atom. The van der Waals surface area contributed by atoms with E-state index in [1.165, 1.54) is 18.4 Å². The zero-order valence-electron chi connectivity index (χ0n) is 18.1. The van der Waals surface area contributed by atoms with Crippen LogP contribution in [-0.2, 0) is 10.8 Å². The lowest BCUT2D eigenvalue weighted by atomic mass is 9.95. The molecule has 0 amide bonds. The summed E-state index contributed by atoms with van der Waals surface area (Å²) in [6.45, 7) is 5.05. The van der Waals surface area contributed by atoms with Gasteiger partial charge in [-0.25, -0.2) is 0 Å². The highest BCUT2D eigenvalue weighted by Crippen LogP contribution is 2.27. The lowest BCUT2D eigenvalue weighted by molar-refractivity contribution is 0.245. The van der Waals surface area contributed by atoms with Crippen molar-refractivity contribution < 1.29 is 4.21 Å². The fraction of sp³-hybridized carbons (Fsp3) is 0.682. The van der Waals surface area contributed by atoms with Gasteiger partial charge in [0.1, 0.15) is 0 Å². The van der Waals surface area contributed by atoms with Crippen LogP contribution in [0.3, 0.4) is 0 Å². The number of guanidine groups is 1. The molecule has 0 bridgehead atoms. The Balaban J connectivity index is 0.00000320. The van der Waals surface area contributed by atoms with E-state index in [-0.39, 0.29) is 30.0 Å². The van der Waals surface area contributed by atoms with E-state index < -0.39 is 10.8 Å². The van der Waals surface area contributed by atoms with Gasteiger partial charge in [0.2, 0.25) is 0 Å². The zero-order chi connectivity index (χ0) is 20.6. The van der Waals surface area contributed by atoms with Gasteiger partial charge in [0.05, 0.1) is 6.04 Å². The van der Waals surface area contributed by atoms with Crippen molar-refractivity contribution in [3.05, 3.63) is 34.9 Å². The van der Waals surface area contributed by atoms with E-state index in [2.05, 4.69) is 32.7 Å². The molecular formula is C22H36ClIN4OS. The summed E-state index contributed by atoms with van der Waals surface area (Å²) in [6, 6.07) is 8.82. The van der Waals surface area contributed by atoms with Crippen LogP contribution in [0.1, 0.15) is 57.1 Å². The topological polar surface area (TPSA) is 56.7 Å². The zero-order valence-corrected chi connectivity index (χ0v) is 22.0. The number of hydrogen-bond donors (Lipinski definition) is 2. The summed E-state index contributed by atoms with van der Waals surface area (Å²) in [4.78, 5) is 6.99. The van der Waals surface area contributed by atoms with E-state index in [0.29, 0.717) is 11.3 Å². The molecule has 4 atom stereocenters. The smallest absolute Gasteiger partial charge is 0.191 e. The maximum absolute atomic E-state index is 12.2. The molecule has 4 unspecified atom stereocenters. The molecule has 2 aliphatic rings. The Labute approximate surface area is 206 Å². The first kappa shape index (κ1) is 25.9. The van der Waals surface area contributed by atoms with Gasteiger partial charge in [-0.15, -0.1) is 24.0 Å². The first-order valence-corrected chi connectivity index (χ1v) is 12.7. The number of rotatable bonds is 7. The molecule has 5 nitrogen and oxygen atoms in total. The largest absolute Gasteiger partial charge is 0.354 e. The van der Waals surface area contributed by atoms with E-state index >= 15 is 0 Å². The molecule has 1 aromatic rings. The Morgan fingerprint density at radius 2 is 2.07 bits per heavy atom. The van der Waals surface area contributed by atoms with Crippen LogP contribution in [-0.4, -0.2) is 58.8 Å². The van der Waals surface area contributed by atoms with Crippen molar-refractivity contribution in [1.29, 1.82) is 0 Å². The van der Waals surface area contributed by atoms with Crippen LogP contribution in [0.25, 0.3) is 0 Å². The molecule has 1 heterocycles. The predicted molar refractivity (Wildman–Crippen MR) is 140 cm³/mol. The van der Waals surface area contributed by atoms with Crippen LogP contribution < -0.4 is 10.6 Å². The molecule has 30 heavy (non-hydrogen) atoms. The van der Waals surface area contributed by atoms with Gasteiger partial charge in [0.25, 0.3) is 0 Å². The van der Waals surface area contributed by atoms with Crippen molar-refractivity contribution >= 4 is 52.3 Å². The summed E-state index contributed by atoms with van der Waals surface area (Å²) in [5.41, 5.74) is 1.25. The molecule has 1 aliphatic carbocycles. The summed E-state index contributed by atoms with van der Waals surface area (Å²) >= 11 is 6.27. The molecule has 8 heteroatoms. The Bertz CT molecular complexity index is 714. The number of likely N-dealkylation sites (tertiary alicyclic amines) is 1. The van der Waals surface area contributed by atoms with Crippen LogP contribution in [0.4, 0.5) is 0 Å². The van der Waals surface area contributed by atoms with Crippen LogP contribution >= 0.6 is 35.6 Å². The molecule has 0 radical (unpaired) electrons. The number of nitrogens with one attached hydrogen (secondary N) is 2. The summed E-state index contributed by atoms with van der Waals surface area (Å²) in [5.74, 6) is 1.59. The van der Waals surface area contributed by atoms with E-state index in [0.717, 1.165) is 62.1 Å². The first-order valence-electron chi connectivity index (χ1n) is 10.9. The summed E-state index contributed by atoms with van der Waals surface area (Å²) in [5, 5.41) is 8.23. The lowest BCUT2D eigenvalue weighted by Gasteiger charge is -2.32. The number of halogens is 2. The predicted octanol–water partition coefficient (Wildman–Crippen LogP) is 4.34. The van der Waals surface area contributed by atoms with Gasteiger partial charge in [-0.05, 0) is 62.9 Å². The van der Waals surface area contributed by atoms with Gasteiger partial charge in [0.15, 0.2) is 5.96 Å². The average molecular weight is 567 g/mol. The Kier molecular flexibility index (Phi) is 11.4. The summed E-state index contributed by atoms with van der Waals surface area (Å²) in [6.07, 6.45) is 6.79. The maximum atomic E-state index is 12.2. The Morgan fingerprint density at radius 3 is 2.73 bits per heavy atom. The molecule has 1 saturated heterocycles. The number of benzene rings is 1. The molecule has 0 spiro atoms. The van der Waals surface area contributed by atoms with E-state index in [1.807, 2.05) is 26.1 Å². The van der Waals surface area contributed by atoms with Gasteiger partial charge in [-0.3, -0.25) is 14.1 Å². The van der Waals surface area contributed by atoms with Crippen LogP contribution in [0, 0.1) is 0 Å². The van der Waals surface area contributed by atoms with E-state index in [1.54, 1.807) is 0 Å². The minimum Gasteiger partial charge on any atom is -0.354 e. The van der Waals surface area contributed by atoms with E-state index in [4.69, 9.17) is 11.6 Å². The number of aliphatic imine (C=N–C) groups is 1. The molecule has 170 valence electrons. The van der Waals surface area contributed by atoms with Crippen molar-refractivity contribution in [2.75, 3.05) is 32.4 Å². The fourth-order valence-corrected chi connectivity index (χ4v) is 6.10. The van der Waals surface area contributed by atoms with Crippen molar-refractivity contribution in [3.8, 4) is 0 Å². The normalized spacial score (nSPS) is 24.7. The molecule has 2 N–H and O–H groups in total. The van der Waals surface area contributed by atoms with Crippen molar-refractivity contribution in [1.82, 2.24) is 15.5 Å². The molecule has 0 aromatic heterocycles. The standard InChI is InChI=1S/C22H35ClN4OS.HI/c1-3-29(28)20-11-7-10-19(15-20)26-22(24-2)25-16-21(27-12-4-5-13-27)17-8-6-9-18(23)14-17;/h6,8-9,14,19-21H,3-5,7,10-13,15-16H2,1-2H3,(H2,24,25,26);1H. The van der Waals surface area contributed by atoms with Crippen LogP contribution in [0.2, 0.25) is 5.02 Å². The monoisotopic (exact) mass is 566 g/mol. The van der Waals surface area contributed by atoms with Gasteiger partial charge in [-0.1, -0.05) is 37.1 Å². The van der Waals surface area contributed by atoms with Crippen LogP contribution in [0.5, 0.6) is 0 Å². The Hall–Kier alpha value is -0.380. The second kappa shape index (κ2) is 13.2. The maximum Gasteiger partial charge on any atom is 0.191 e. The number of hydrogen-bond acceptors (Lipinski definition) is 3. The highest BCUT2D eigenvalue weighted by molar-refractivity contribution is 14.0. The van der Waals surface area contributed by atoms with Gasteiger partial charge in [0, 0.05) is 46.5 Å². The van der Waals surface area contributed by atoms with Crippen molar-refractivity contribution in [2.45, 2.75) is 62.8 Å².